The molecule has 0 aliphatic carbocycles. The Morgan fingerprint density at radius 1 is 1.33 bits per heavy atom. The van der Waals surface area contributed by atoms with Crippen molar-refractivity contribution < 1.29 is 22.8 Å². The van der Waals surface area contributed by atoms with Crippen molar-refractivity contribution in [1.29, 1.82) is 5.26 Å². The lowest BCUT2D eigenvalue weighted by molar-refractivity contribution is -0.137. The normalized spacial score (nSPS) is 12.3. The van der Waals surface area contributed by atoms with E-state index < -0.39 is 23.4 Å². The molecule has 0 bridgehead atoms. The first-order valence-electron chi connectivity index (χ1n) is 7.51. The molecule has 0 unspecified atom stereocenters. The van der Waals surface area contributed by atoms with Crippen molar-refractivity contribution in [2.75, 3.05) is 6.54 Å². The van der Waals surface area contributed by atoms with Gasteiger partial charge in [-0.15, -0.1) is 0 Å². The average Bonchev–Trinajstić information content (AvgIpc) is 2.53. The number of carbonyl (C=O) groups excluding carboxylic acids is 2. The highest BCUT2D eigenvalue weighted by molar-refractivity contribution is 5.88. The lowest BCUT2D eigenvalue weighted by Gasteiger charge is -2.10. The molecule has 1 N–H and O–H groups in total. The van der Waals surface area contributed by atoms with Crippen LogP contribution in [0.1, 0.15) is 49.8 Å². The van der Waals surface area contributed by atoms with Gasteiger partial charge in [-0.05, 0) is 25.0 Å². The van der Waals surface area contributed by atoms with Gasteiger partial charge in [0.2, 0.25) is 5.91 Å². The van der Waals surface area contributed by atoms with Crippen molar-refractivity contribution in [3.8, 4) is 6.07 Å². The second-order valence-electron chi connectivity index (χ2n) is 5.20. The zero-order valence-electron chi connectivity index (χ0n) is 13.2. The van der Waals surface area contributed by atoms with Crippen LogP contribution in [0.3, 0.4) is 0 Å². The number of nitriles is 1. The summed E-state index contributed by atoms with van der Waals surface area (Å²) in [6, 6.07) is 3.58. The van der Waals surface area contributed by atoms with Gasteiger partial charge in [0.25, 0.3) is 0 Å². The molecule has 0 spiro atoms. The SMILES string of the molecule is CCCNC(=O)CCCC(=O)[C@H](C#N)c1ccc(C(F)(F)F)cn1. The first-order chi connectivity index (χ1) is 11.3. The molecule has 1 amide bonds. The molecule has 1 heterocycles. The lowest BCUT2D eigenvalue weighted by atomic mass is 9.96. The molecular weight excluding hydrogens is 323 g/mol. The van der Waals surface area contributed by atoms with E-state index in [4.69, 9.17) is 5.26 Å². The Kier molecular flexibility index (Phi) is 7.36. The van der Waals surface area contributed by atoms with E-state index in [1.54, 1.807) is 6.07 Å². The van der Waals surface area contributed by atoms with Crippen molar-refractivity contribution in [1.82, 2.24) is 10.3 Å². The molecule has 130 valence electrons. The summed E-state index contributed by atoms with van der Waals surface area (Å²) < 4.78 is 37.4. The fraction of sp³-hybridized carbons (Fsp3) is 0.500. The summed E-state index contributed by atoms with van der Waals surface area (Å²) in [5, 5.41) is 11.8. The van der Waals surface area contributed by atoms with Gasteiger partial charge in [-0.25, -0.2) is 0 Å². The summed E-state index contributed by atoms with van der Waals surface area (Å²) in [6.07, 6.45) is -2.70. The molecule has 1 aromatic heterocycles. The second kappa shape index (κ2) is 9.01. The summed E-state index contributed by atoms with van der Waals surface area (Å²) in [5.41, 5.74) is -0.964. The Balaban J connectivity index is 2.61. The van der Waals surface area contributed by atoms with E-state index in [9.17, 15) is 22.8 Å². The standard InChI is InChI=1S/C16H18F3N3O2/c1-2-8-21-15(24)5-3-4-14(23)12(9-20)13-7-6-11(10-22-13)16(17,18)19/h6-7,10,12H,2-5,8H2,1H3,(H,21,24)/t12-/m1/s1. The average molecular weight is 341 g/mol. The van der Waals surface area contributed by atoms with Gasteiger partial charge in [0.15, 0.2) is 5.78 Å². The number of halogens is 3. The van der Waals surface area contributed by atoms with Gasteiger partial charge in [0, 0.05) is 25.6 Å². The van der Waals surface area contributed by atoms with Crippen LogP contribution in [0, 0.1) is 11.3 Å². The highest BCUT2D eigenvalue weighted by Gasteiger charge is 2.31. The van der Waals surface area contributed by atoms with Crippen LogP contribution in [0.15, 0.2) is 18.3 Å². The van der Waals surface area contributed by atoms with Crippen molar-refractivity contribution in [3.63, 3.8) is 0 Å². The van der Waals surface area contributed by atoms with E-state index in [-0.39, 0.29) is 30.9 Å². The third-order valence-electron chi connectivity index (χ3n) is 3.26. The molecule has 1 atom stereocenters. The molecule has 0 saturated heterocycles. The van der Waals surface area contributed by atoms with Gasteiger partial charge < -0.3 is 5.32 Å². The Labute approximate surface area is 137 Å². The Morgan fingerprint density at radius 2 is 2.04 bits per heavy atom. The molecule has 8 heteroatoms. The number of hydrogen-bond acceptors (Lipinski definition) is 4. The monoisotopic (exact) mass is 341 g/mol. The molecule has 1 aromatic rings. The highest BCUT2D eigenvalue weighted by atomic mass is 19.4. The van der Waals surface area contributed by atoms with Gasteiger partial charge in [-0.2, -0.15) is 18.4 Å². The van der Waals surface area contributed by atoms with Crippen molar-refractivity contribution in [2.24, 2.45) is 0 Å². The fourth-order valence-corrected chi connectivity index (χ4v) is 1.97. The van der Waals surface area contributed by atoms with Crippen LogP contribution in [-0.4, -0.2) is 23.2 Å². The molecular formula is C16H18F3N3O2. The van der Waals surface area contributed by atoms with E-state index >= 15 is 0 Å². The van der Waals surface area contributed by atoms with E-state index in [0.717, 1.165) is 18.6 Å². The number of ketones is 1. The third-order valence-corrected chi connectivity index (χ3v) is 3.26. The van der Waals surface area contributed by atoms with Gasteiger partial charge >= 0.3 is 6.18 Å². The quantitative estimate of drug-likeness (QED) is 0.788. The molecule has 0 aromatic carbocycles. The summed E-state index contributed by atoms with van der Waals surface area (Å²) in [7, 11) is 0. The van der Waals surface area contributed by atoms with Gasteiger partial charge in [0.05, 0.1) is 17.3 Å². The van der Waals surface area contributed by atoms with E-state index in [1.165, 1.54) is 0 Å². The molecule has 0 fully saturated rings. The van der Waals surface area contributed by atoms with Crippen molar-refractivity contribution in [2.45, 2.75) is 44.7 Å². The number of hydrogen-bond donors (Lipinski definition) is 1. The van der Waals surface area contributed by atoms with Crippen LogP contribution < -0.4 is 5.32 Å². The molecule has 24 heavy (non-hydrogen) atoms. The number of nitrogens with zero attached hydrogens (tertiary/aromatic N) is 2. The topological polar surface area (TPSA) is 82.9 Å². The first-order valence-corrected chi connectivity index (χ1v) is 7.51. The molecule has 0 aliphatic rings. The molecule has 0 radical (unpaired) electrons. The van der Waals surface area contributed by atoms with Crippen LogP contribution in [0.25, 0.3) is 0 Å². The maximum absolute atomic E-state index is 12.5. The van der Waals surface area contributed by atoms with Crippen molar-refractivity contribution in [3.05, 3.63) is 29.6 Å². The van der Waals surface area contributed by atoms with Gasteiger partial charge in [-0.1, -0.05) is 6.92 Å². The van der Waals surface area contributed by atoms with Crippen LogP contribution in [0.2, 0.25) is 0 Å². The van der Waals surface area contributed by atoms with E-state index in [1.807, 2.05) is 6.92 Å². The second-order valence-corrected chi connectivity index (χ2v) is 5.20. The summed E-state index contributed by atoms with van der Waals surface area (Å²) >= 11 is 0. The number of alkyl halides is 3. The largest absolute Gasteiger partial charge is 0.417 e. The summed E-state index contributed by atoms with van der Waals surface area (Å²) in [6.45, 7) is 2.47. The van der Waals surface area contributed by atoms with Crippen LogP contribution in [-0.2, 0) is 15.8 Å². The Bertz CT molecular complexity index is 606. The number of carbonyl (C=O) groups is 2. The minimum absolute atomic E-state index is 0.0134. The van der Waals surface area contributed by atoms with Gasteiger partial charge in [-0.3, -0.25) is 14.6 Å². The fourth-order valence-electron chi connectivity index (χ4n) is 1.97. The molecule has 5 nitrogen and oxygen atoms in total. The lowest BCUT2D eigenvalue weighted by Crippen LogP contribution is -2.24. The van der Waals surface area contributed by atoms with Crippen molar-refractivity contribution >= 4 is 11.7 Å². The van der Waals surface area contributed by atoms with E-state index in [2.05, 4.69) is 10.3 Å². The zero-order valence-corrected chi connectivity index (χ0v) is 13.2. The maximum atomic E-state index is 12.5. The van der Waals surface area contributed by atoms with Crippen LogP contribution in [0.5, 0.6) is 0 Å². The third kappa shape index (κ3) is 5.99. The molecule has 1 rings (SSSR count). The number of pyridine rings is 1. The smallest absolute Gasteiger partial charge is 0.356 e. The number of amides is 1. The number of nitrogens with one attached hydrogen (secondary N) is 1. The Morgan fingerprint density at radius 3 is 2.54 bits per heavy atom. The summed E-state index contributed by atoms with van der Waals surface area (Å²) in [4.78, 5) is 27.0. The Hall–Kier alpha value is -2.43. The van der Waals surface area contributed by atoms with E-state index in [0.29, 0.717) is 12.7 Å². The molecule has 0 saturated carbocycles. The molecule has 0 aliphatic heterocycles. The zero-order chi connectivity index (χ0) is 18.2. The van der Waals surface area contributed by atoms with Crippen LogP contribution >= 0.6 is 0 Å². The van der Waals surface area contributed by atoms with Crippen LogP contribution in [0.4, 0.5) is 13.2 Å². The highest BCUT2D eigenvalue weighted by Crippen LogP contribution is 2.29. The maximum Gasteiger partial charge on any atom is 0.417 e. The summed E-state index contributed by atoms with van der Waals surface area (Å²) in [5.74, 6) is -1.87. The van der Waals surface area contributed by atoms with Gasteiger partial charge in [0.1, 0.15) is 5.92 Å². The minimum Gasteiger partial charge on any atom is -0.356 e. The number of aromatic nitrogens is 1. The minimum atomic E-state index is -4.52. The predicted molar refractivity (Wildman–Crippen MR) is 79.8 cm³/mol. The number of Topliss-reactive ketones (excluding diaryl/α,β-unsaturated/α-hetero) is 1. The predicted octanol–water partition coefficient (Wildman–Crippen LogP) is 2.97. The first kappa shape index (κ1) is 19.6. The number of rotatable bonds is 8.